The monoisotopic (exact) mass is 1330 g/mol. The zero-order valence-corrected chi connectivity index (χ0v) is 62.8. The Hall–Kier alpha value is -4.05. The number of nitrogens with zero attached hydrogens (tertiary/aromatic N) is 1. The molecule has 0 aliphatic rings. The van der Waals surface area contributed by atoms with Crippen molar-refractivity contribution in [2.75, 3.05) is 47.5 Å². The largest absolute Gasteiger partial charge is 0.545 e. The normalized spacial score (nSPS) is 13.2. The van der Waals surface area contributed by atoms with Gasteiger partial charge >= 0.3 is 11.9 Å². The van der Waals surface area contributed by atoms with Crippen LogP contribution in [0.25, 0.3) is 0 Å². The summed E-state index contributed by atoms with van der Waals surface area (Å²) >= 11 is 0. The Morgan fingerprint density at radius 1 is 0.326 bits per heavy atom. The van der Waals surface area contributed by atoms with Crippen molar-refractivity contribution in [1.82, 2.24) is 0 Å². The molecule has 0 N–H and O–H groups in total. The van der Waals surface area contributed by atoms with Gasteiger partial charge in [-0.2, -0.15) is 0 Å². The van der Waals surface area contributed by atoms with E-state index in [1.807, 2.05) is 21.1 Å². The zero-order valence-electron chi connectivity index (χ0n) is 62.8. The Balaban J connectivity index is 4.00. The number of carbonyl (C=O) groups is 3. The summed E-state index contributed by atoms with van der Waals surface area (Å²) < 4.78 is 22.8. The van der Waals surface area contributed by atoms with Crippen molar-refractivity contribution in [2.45, 2.75) is 373 Å². The molecule has 0 radical (unpaired) electrons. The third kappa shape index (κ3) is 77.2. The first-order valence-electron chi connectivity index (χ1n) is 40.0. The molecule has 0 rings (SSSR count). The lowest BCUT2D eigenvalue weighted by molar-refractivity contribution is -0.870. The molecular weight excluding hydrogens is 1170 g/mol. The fourth-order valence-electron chi connectivity index (χ4n) is 11.4. The quantitative estimate of drug-likeness (QED) is 0.0195. The molecule has 0 fully saturated rings. The van der Waals surface area contributed by atoms with Crippen molar-refractivity contribution in [3.8, 4) is 0 Å². The summed E-state index contributed by atoms with van der Waals surface area (Å²) in [4.78, 5) is 37.6. The van der Waals surface area contributed by atoms with Gasteiger partial charge in [0.2, 0.25) is 0 Å². The first kappa shape index (κ1) is 91.0. The summed E-state index contributed by atoms with van der Waals surface area (Å²) in [5.74, 6) is -2.29. The highest BCUT2D eigenvalue weighted by Gasteiger charge is 2.22. The third-order valence-corrected chi connectivity index (χ3v) is 17.5. The van der Waals surface area contributed by atoms with Crippen molar-refractivity contribution in [2.24, 2.45) is 0 Å². The van der Waals surface area contributed by atoms with Crippen LogP contribution in [0.4, 0.5) is 0 Å². The molecule has 0 aliphatic carbocycles. The van der Waals surface area contributed by atoms with Gasteiger partial charge in [0.25, 0.3) is 0 Å². The molecule has 0 aromatic carbocycles. The Kier molecular flexibility index (Phi) is 72.5. The molecule has 0 aromatic rings. The molecule has 0 amide bonds. The number of likely N-dealkylation sites (N-methyl/N-ethyl adjacent to an activating group) is 1. The second kappa shape index (κ2) is 75.7. The lowest BCUT2D eigenvalue weighted by atomic mass is 10.0. The molecule has 0 spiro atoms. The van der Waals surface area contributed by atoms with Gasteiger partial charge in [-0.25, -0.2) is 0 Å². The van der Waals surface area contributed by atoms with Gasteiger partial charge in [0.15, 0.2) is 12.4 Å². The number of carboxylic acid groups (broad SMARTS) is 1. The molecule has 0 saturated carbocycles. The van der Waals surface area contributed by atoms with Crippen LogP contribution in [-0.4, -0.2) is 82.3 Å². The van der Waals surface area contributed by atoms with Gasteiger partial charge in [0.1, 0.15) is 13.2 Å². The minimum atomic E-state index is -1.63. The summed E-state index contributed by atoms with van der Waals surface area (Å²) in [6.45, 7) is 4.64. The van der Waals surface area contributed by atoms with Crippen LogP contribution in [-0.2, 0) is 33.3 Å². The van der Waals surface area contributed by atoms with Crippen molar-refractivity contribution in [3.05, 3.63) is 109 Å². The number of unbranched alkanes of at least 4 members (excludes halogenated alkanes) is 41. The molecule has 0 aromatic heterocycles. The maximum Gasteiger partial charge on any atom is 0.306 e. The van der Waals surface area contributed by atoms with Gasteiger partial charge in [-0.3, -0.25) is 9.59 Å². The van der Waals surface area contributed by atoms with Crippen LogP contribution < -0.4 is 5.11 Å². The fourth-order valence-corrected chi connectivity index (χ4v) is 11.4. The van der Waals surface area contributed by atoms with Gasteiger partial charge in [-0.05, 0) is 103 Å². The summed E-state index contributed by atoms with van der Waals surface area (Å²) in [5.41, 5.74) is 0. The van der Waals surface area contributed by atoms with Crippen LogP contribution in [0.3, 0.4) is 0 Å². The van der Waals surface area contributed by atoms with Crippen LogP contribution in [0.1, 0.15) is 361 Å². The van der Waals surface area contributed by atoms with Crippen molar-refractivity contribution in [3.63, 3.8) is 0 Å². The SMILES string of the molecule is CC/C=C\C/C=C\C/C=C\C/C=C\C/C=C\C/C=C\C/C=C\CCCCCCCCCC(=O)OC(COC(=O)CCCCCCCCCCCCCCCCCCCCCCCCCCCCCCC/C=C\C/C=C\CCCCCCC)COC(OCC[N+](C)(C)C)C(=O)[O-]. The van der Waals surface area contributed by atoms with Crippen molar-refractivity contribution in [1.29, 1.82) is 0 Å². The van der Waals surface area contributed by atoms with Gasteiger partial charge < -0.3 is 33.3 Å². The van der Waals surface area contributed by atoms with Crippen LogP contribution in [0.15, 0.2) is 109 Å². The number of aliphatic carboxylic acids is 1. The molecule has 2 atom stereocenters. The number of allylic oxidation sites excluding steroid dienone is 18. The molecular formula is C86H151NO8. The molecule has 9 nitrogen and oxygen atoms in total. The van der Waals surface area contributed by atoms with Crippen LogP contribution >= 0.6 is 0 Å². The highest BCUT2D eigenvalue weighted by atomic mass is 16.7. The van der Waals surface area contributed by atoms with Crippen LogP contribution in [0.5, 0.6) is 0 Å². The van der Waals surface area contributed by atoms with Gasteiger partial charge in [0.05, 0.1) is 40.3 Å². The summed E-state index contributed by atoms with van der Waals surface area (Å²) in [6.07, 6.45) is 104. The highest BCUT2D eigenvalue weighted by Crippen LogP contribution is 2.19. The number of esters is 2. The fraction of sp³-hybridized carbons (Fsp3) is 0.756. The highest BCUT2D eigenvalue weighted by molar-refractivity contribution is 5.70. The lowest BCUT2D eigenvalue weighted by Crippen LogP contribution is -2.44. The van der Waals surface area contributed by atoms with E-state index >= 15 is 0 Å². The van der Waals surface area contributed by atoms with E-state index < -0.39 is 24.3 Å². The lowest BCUT2D eigenvalue weighted by Gasteiger charge is -2.26. The van der Waals surface area contributed by atoms with E-state index in [1.54, 1.807) is 0 Å². The average Bonchev–Trinajstić information content (AvgIpc) is 2.86. The predicted octanol–water partition coefficient (Wildman–Crippen LogP) is 24.4. The van der Waals surface area contributed by atoms with Crippen LogP contribution in [0, 0.1) is 0 Å². The minimum Gasteiger partial charge on any atom is -0.545 e. The summed E-state index contributed by atoms with van der Waals surface area (Å²) in [5, 5.41) is 11.9. The standard InChI is InChI=1S/C86H151NO8/c1-6-8-10-12-14-16-18-20-22-24-26-28-30-32-34-36-37-38-39-40-41-42-43-44-45-46-47-49-50-52-54-56-58-60-62-64-66-68-70-72-74-76-83(88)93-80-82(81-94-86(85(90)91)92-79-78-87(3,4)5)95-84(89)77-75-73-71-69-67-65-63-61-59-57-55-53-51-48-35-33-31-29-27-25-23-21-19-17-15-13-11-9-7-2/h9,11,15,17-18,20-21,23-24,26-27,29,33,35,51,53,57,59,82,86H,6-8,10,12-14,16,19,22,25,28,30-32,34,36-50,52,54-56,58,60-81H2,1-5H3/b11-9-,17-15-,20-18-,23-21-,26-24-,29-27-,35-33-,53-51-,59-57-. The van der Waals surface area contributed by atoms with E-state index in [2.05, 4.69) is 123 Å². The maximum atomic E-state index is 13.0. The van der Waals surface area contributed by atoms with Gasteiger partial charge in [-0.15, -0.1) is 0 Å². The minimum absolute atomic E-state index is 0.142. The number of hydrogen-bond donors (Lipinski definition) is 0. The maximum absolute atomic E-state index is 13.0. The number of carboxylic acids is 1. The third-order valence-electron chi connectivity index (χ3n) is 17.5. The van der Waals surface area contributed by atoms with Gasteiger partial charge in [-0.1, -0.05) is 354 Å². The first-order chi connectivity index (χ1) is 46.6. The first-order valence-corrected chi connectivity index (χ1v) is 40.0. The van der Waals surface area contributed by atoms with Crippen LogP contribution in [0.2, 0.25) is 0 Å². The van der Waals surface area contributed by atoms with E-state index in [4.69, 9.17) is 18.9 Å². The average molecular weight is 1330 g/mol. The second-order valence-electron chi connectivity index (χ2n) is 28.0. The number of carbonyl (C=O) groups excluding carboxylic acids is 3. The summed E-state index contributed by atoms with van der Waals surface area (Å²) in [7, 11) is 5.93. The number of ether oxygens (including phenoxy) is 4. The smallest absolute Gasteiger partial charge is 0.306 e. The Bertz CT molecular complexity index is 1930. The van der Waals surface area contributed by atoms with E-state index in [-0.39, 0.29) is 38.6 Å². The molecule has 95 heavy (non-hydrogen) atoms. The molecule has 0 saturated heterocycles. The Labute approximate surface area is 587 Å². The number of hydrogen-bond acceptors (Lipinski definition) is 8. The van der Waals surface area contributed by atoms with E-state index in [9.17, 15) is 19.5 Å². The number of rotatable bonds is 74. The molecule has 548 valence electrons. The second-order valence-corrected chi connectivity index (χ2v) is 28.0. The van der Waals surface area contributed by atoms with E-state index in [0.29, 0.717) is 17.4 Å². The Morgan fingerprint density at radius 3 is 0.895 bits per heavy atom. The summed E-state index contributed by atoms with van der Waals surface area (Å²) in [6, 6.07) is 0. The number of quaternary nitrogens is 1. The molecule has 9 heteroatoms. The Morgan fingerprint density at radius 2 is 0.600 bits per heavy atom. The van der Waals surface area contributed by atoms with E-state index in [1.165, 1.54) is 231 Å². The zero-order chi connectivity index (χ0) is 69.0. The van der Waals surface area contributed by atoms with E-state index in [0.717, 1.165) is 96.3 Å². The van der Waals surface area contributed by atoms with Crippen molar-refractivity contribution >= 4 is 17.9 Å². The predicted molar refractivity (Wildman–Crippen MR) is 407 cm³/mol. The van der Waals surface area contributed by atoms with Gasteiger partial charge in [0, 0.05) is 12.8 Å². The molecule has 0 bridgehead atoms. The molecule has 2 unspecified atom stereocenters. The molecule has 0 aliphatic heterocycles. The topological polar surface area (TPSA) is 111 Å². The van der Waals surface area contributed by atoms with Crippen molar-refractivity contribution < 1.29 is 42.9 Å². The molecule has 0 heterocycles.